The molecule has 0 aliphatic carbocycles. The second kappa shape index (κ2) is 12.5. The monoisotopic (exact) mass is 577 g/mol. The molecule has 2 rings (SSSR count). The quantitative estimate of drug-likeness (QED) is 0.263. The maximum absolute atomic E-state index is 12.7. The van der Waals surface area contributed by atoms with Crippen LogP contribution in [0.25, 0.3) is 0 Å². The lowest BCUT2D eigenvalue weighted by atomic mass is 9.78. The van der Waals surface area contributed by atoms with Crippen LogP contribution in [-0.2, 0) is 30.0 Å². The summed E-state index contributed by atoms with van der Waals surface area (Å²) in [5.74, 6) is 0.149. The zero-order valence-electron chi connectivity index (χ0n) is 27.2. The van der Waals surface area contributed by atoms with Crippen LogP contribution in [0.1, 0.15) is 95.6 Å². The number of ether oxygens (including phenoxy) is 2. The highest BCUT2D eigenvalue weighted by molar-refractivity contribution is 6.78. The SMILES string of the molecule is COC(=O)C(Cc1cc(O[Si](C(C)C)(C(C)C)C(C)C)cc(B2OC(C)(C)C(C)(C)O2)c1)NC(=O)OC(C)(C)C. The fraction of sp³-hybridized carbons (Fsp3) is 0.733. The number of esters is 1. The highest BCUT2D eigenvalue weighted by Crippen LogP contribution is 2.43. The fourth-order valence-electron chi connectivity index (χ4n) is 5.56. The summed E-state index contributed by atoms with van der Waals surface area (Å²) in [6.45, 7) is 26.8. The van der Waals surface area contributed by atoms with E-state index in [0.29, 0.717) is 22.4 Å². The number of amides is 1. The summed E-state index contributed by atoms with van der Waals surface area (Å²) in [5, 5.41) is 2.68. The third-order valence-electron chi connectivity index (χ3n) is 8.13. The molecule has 1 atom stereocenters. The number of nitrogens with one attached hydrogen (secondary N) is 1. The minimum Gasteiger partial charge on any atom is -0.543 e. The number of hydrogen-bond donors (Lipinski definition) is 1. The zero-order chi connectivity index (χ0) is 30.8. The van der Waals surface area contributed by atoms with E-state index in [-0.39, 0.29) is 6.42 Å². The molecule has 0 bridgehead atoms. The van der Waals surface area contributed by atoms with Crippen LogP contribution >= 0.6 is 0 Å². The lowest BCUT2D eigenvalue weighted by molar-refractivity contribution is -0.143. The summed E-state index contributed by atoms with van der Waals surface area (Å²) in [5.41, 5.74) is 0.941. The van der Waals surface area contributed by atoms with Crippen LogP contribution in [0, 0.1) is 0 Å². The molecule has 1 heterocycles. The van der Waals surface area contributed by atoms with Crippen LogP contribution in [0.2, 0.25) is 16.6 Å². The number of methoxy groups -OCH3 is 1. The number of alkyl carbamates (subject to hydrolysis) is 1. The molecule has 1 aliphatic heterocycles. The van der Waals surface area contributed by atoms with Gasteiger partial charge >= 0.3 is 19.2 Å². The molecule has 226 valence electrons. The smallest absolute Gasteiger partial charge is 0.494 e. The molecule has 0 saturated carbocycles. The molecule has 0 radical (unpaired) electrons. The summed E-state index contributed by atoms with van der Waals surface area (Å²) in [6.07, 6.45) is -0.512. The highest BCUT2D eigenvalue weighted by Gasteiger charge is 2.52. The number of carbonyl (C=O) groups excluding carboxylic acids is 2. The van der Waals surface area contributed by atoms with E-state index in [9.17, 15) is 9.59 Å². The van der Waals surface area contributed by atoms with Gasteiger partial charge in [0.2, 0.25) is 0 Å². The molecule has 1 fully saturated rings. The Hall–Kier alpha value is -2.04. The van der Waals surface area contributed by atoms with Gasteiger partial charge in [-0.25, -0.2) is 9.59 Å². The standard InChI is InChI=1S/C30H52BNO7Si/c1-19(2)40(20(3)4,21(5)6)37-24-16-22(15-23(18-24)31-38-29(10,11)30(12,13)39-31)17-25(26(33)35-14)32-27(34)36-28(7,8)9/h15-16,18-21,25H,17H2,1-14H3,(H,32,34). The number of hydrogen-bond acceptors (Lipinski definition) is 7. The van der Waals surface area contributed by atoms with Crippen LogP contribution in [0.4, 0.5) is 4.79 Å². The molecule has 1 aromatic rings. The van der Waals surface area contributed by atoms with Gasteiger partial charge in [0.05, 0.1) is 18.3 Å². The van der Waals surface area contributed by atoms with Gasteiger partial charge < -0.3 is 28.5 Å². The average Bonchev–Trinajstić information content (AvgIpc) is 3.01. The van der Waals surface area contributed by atoms with Crippen molar-refractivity contribution in [1.29, 1.82) is 0 Å². The minimum atomic E-state index is -2.30. The van der Waals surface area contributed by atoms with Crippen LogP contribution < -0.4 is 15.2 Å². The lowest BCUT2D eigenvalue weighted by Gasteiger charge is -2.42. The van der Waals surface area contributed by atoms with Crippen molar-refractivity contribution in [3.63, 3.8) is 0 Å². The molecule has 1 unspecified atom stereocenters. The van der Waals surface area contributed by atoms with Crippen molar-refractivity contribution in [1.82, 2.24) is 5.32 Å². The van der Waals surface area contributed by atoms with Crippen molar-refractivity contribution in [2.75, 3.05) is 7.11 Å². The Balaban J connectivity index is 2.59. The van der Waals surface area contributed by atoms with Gasteiger partial charge in [0.1, 0.15) is 17.4 Å². The van der Waals surface area contributed by atoms with Crippen LogP contribution in [0.5, 0.6) is 5.75 Å². The molecule has 1 aromatic carbocycles. The van der Waals surface area contributed by atoms with Gasteiger partial charge in [-0.3, -0.25) is 0 Å². The van der Waals surface area contributed by atoms with Crippen molar-refractivity contribution >= 4 is 33.0 Å². The molecule has 1 N–H and O–H groups in total. The van der Waals surface area contributed by atoms with E-state index in [2.05, 4.69) is 46.9 Å². The molecule has 10 heteroatoms. The third-order valence-corrected chi connectivity index (χ3v) is 14.1. The van der Waals surface area contributed by atoms with E-state index < -0.39 is 50.3 Å². The number of rotatable bonds is 10. The maximum Gasteiger partial charge on any atom is 0.494 e. The van der Waals surface area contributed by atoms with Gasteiger partial charge in [-0.2, -0.15) is 0 Å². The Labute approximate surface area is 243 Å². The molecule has 0 spiro atoms. The highest BCUT2D eigenvalue weighted by atomic mass is 28.4. The van der Waals surface area contributed by atoms with E-state index in [1.165, 1.54) is 7.11 Å². The van der Waals surface area contributed by atoms with E-state index in [1.807, 2.05) is 45.9 Å². The van der Waals surface area contributed by atoms with Crippen LogP contribution in [0.3, 0.4) is 0 Å². The fourth-order valence-corrected chi connectivity index (χ4v) is 10.8. The molecule has 8 nitrogen and oxygen atoms in total. The van der Waals surface area contributed by atoms with Gasteiger partial charge in [-0.15, -0.1) is 0 Å². The average molecular weight is 578 g/mol. The lowest BCUT2D eigenvalue weighted by Crippen LogP contribution is -2.51. The summed E-state index contributed by atoms with van der Waals surface area (Å²) >= 11 is 0. The first-order chi connectivity index (χ1) is 18.1. The van der Waals surface area contributed by atoms with Gasteiger partial charge in [-0.05, 0) is 88.2 Å². The first-order valence-corrected chi connectivity index (χ1v) is 16.5. The molecule has 1 amide bonds. The van der Waals surface area contributed by atoms with Crippen molar-refractivity contribution in [3.05, 3.63) is 23.8 Å². The zero-order valence-corrected chi connectivity index (χ0v) is 28.2. The van der Waals surface area contributed by atoms with Crippen molar-refractivity contribution < 1.29 is 32.8 Å². The summed E-state index contributed by atoms with van der Waals surface area (Å²) in [7, 11) is -1.61. The topological polar surface area (TPSA) is 92.3 Å². The molecular formula is C30H52BNO7Si. The Morgan fingerprint density at radius 3 is 1.85 bits per heavy atom. The minimum absolute atomic E-state index is 0.176. The van der Waals surface area contributed by atoms with Gasteiger partial charge in [0, 0.05) is 6.42 Å². The third kappa shape index (κ3) is 7.82. The predicted octanol–water partition coefficient (Wildman–Crippen LogP) is 6.15. The molecule has 1 saturated heterocycles. The maximum atomic E-state index is 12.7. The van der Waals surface area contributed by atoms with Crippen molar-refractivity contribution in [2.45, 2.75) is 136 Å². The second-order valence-corrected chi connectivity index (χ2v) is 19.2. The van der Waals surface area contributed by atoms with Crippen molar-refractivity contribution in [3.8, 4) is 5.75 Å². The number of carbonyl (C=O) groups is 2. The van der Waals surface area contributed by atoms with E-state index in [4.69, 9.17) is 23.2 Å². The van der Waals surface area contributed by atoms with E-state index in [1.54, 1.807) is 20.8 Å². The molecule has 40 heavy (non-hydrogen) atoms. The Morgan fingerprint density at radius 2 is 1.43 bits per heavy atom. The van der Waals surface area contributed by atoms with Crippen LogP contribution in [-0.4, -0.2) is 57.5 Å². The number of benzene rings is 1. The van der Waals surface area contributed by atoms with Gasteiger partial charge in [0.25, 0.3) is 8.32 Å². The summed E-state index contributed by atoms with van der Waals surface area (Å²) in [6, 6.07) is 4.94. The van der Waals surface area contributed by atoms with Crippen molar-refractivity contribution in [2.24, 2.45) is 0 Å². The Kier molecular flexibility index (Phi) is 10.6. The Morgan fingerprint density at radius 1 is 0.925 bits per heavy atom. The first-order valence-electron chi connectivity index (χ1n) is 14.4. The van der Waals surface area contributed by atoms with Gasteiger partial charge in [0.15, 0.2) is 0 Å². The predicted molar refractivity (Wildman–Crippen MR) is 163 cm³/mol. The second-order valence-electron chi connectivity index (χ2n) is 13.8. The van der Waals surface area contributed by atoms with E-state index in [0.717, 1.165) is 11.0 Å². The summed E-state index contributed by atoms with van der Waals surface area (Å²) in [4.78, 5) is 25.3. The van der Waals surface area contributed by atoms with E-state index >= 15 is 0 Å². The molecular weight excluding hydrogens is 525 g/mol. The largest absolute Gasteiger partial charge is 0.543 e. The molecule has 1 aliphatic rings. The van der Waals surface area contributed by atoms with Crippen LogP contribution in [0.15, 0.2) is 18.2 Å². The van der Waals surface area contributed by atoms with Gasteiger partial charge in [-0.1, -0.05) is 47.6 Å². The molecule has 0 aromatic heterocycles. The Bertz CT molecular complexity index is 1010. The first kappa shape index (κ1) is 34.2. The normalized spacial score (nSPS) is 17.8. The summed E-state index contributed by atoms with van der Waals surface area (Å²) < 4.78 is 30.2.